The van der Waals surface area contributed by atoms with Crippen LogP contribution >= 0.6 is 24.2 Å². The number of carbonyl (C=O) groups is 2. The number of carbonyl (C=O) groups excluding carboxylic acids is 2. The molecule has 4 aromatic carbocycles. The number of thiol groups is 1. The number of fused-ring (bicyclic) bond motifs is 4. The largest absolute Gasteiger partial charge is 0.433 e. The fraction of sp³-hybridized carbons (Fsp3) is 0.0938. The zero-order valence-electron chi connectivity index (χ0n) is 21.9. The minimum absolute atomic E-state index is 0.0490. The Hall–Kier alpha value is -4.73. The lowest BCUT2D eigenvalue weighted by Gasteiger charge is -2.21. The third-order valence-corrected chi connectivity index (χ3v) is 8.52. The van der Waals surface area contributed by atoms with Crippen LogP contribution in [-0.2, 0) is 0 Å². The molecule has 0 fully saturated rings. The number of nitrogens with zero attached hydrogens (tertiary/aromatic N) is 2. The normalized spacial score (nSPS) is 15.6. The maximum absolute atomic E-state index is 14.0. The van der Waals surface area contributed by atoms with Gasteiger partial charge in [0.05, 0.1) is 16.8 Å². The number of rotatable bonds is 4. The molecule has 0 aliphatic carbocycles. The third kappa shape index (κ3) is 3.88. The molecule has 2 aromatic heterocycles. The number of anilines is 2. The van der Waals surface area contributed by atoms with Gasteiger partial charge in [-0.25, -0.2) is 4.99 Å². The maximum atomic E-state index is 14.0. The summed E-state index contributed by atoms with van der Waals surface area (Å²) >= 11 is 10.8. The lowest BCUT2D eigenvalue weighted by molar-refractivity contribution is 0.0983. The SMILES string of the molecule is O=C(Nc1ccc2[nH]c(C(=O)N3CC(CCl)c4c3cc3c5c(cccc45)N=C(S)O3)cc2c1)c1cc2ccccc2[nH]1. The molecule has 0 saturated heterocycles. The van der Waals surface area contributed by atoms with Crippen LogP contribution in [0.5, 0.6) is 5.75 Å². The predicted octanol–water partition coefficient (Wildman–Crippen LogP) is 7.35. The Morgan fingerprint density at radius 2 is 1.79 bits per heavy atom. The molecule has 42 heavy (non-hydrogen) atoms. The van der Waals surface area contributed by atoms with Crippen molar-refractivity contribution in [1.29, 1.82) is 0 Å². The van der Waals surface area contributed by atoms with Gasteiger partial charge in [0.1, 0.15) is 17.1 Å². The molecule has 2 amide bonds. The molecule has 0 radical (unpaired) electrons. The van der Waals surface area contributed by atoms with Gasteiger partial charge in [0, 0.05) is 51.9 Å². The van der Waals surface area contributed by atoms with E-state index >= 15 is 0 Å². The van der Waals surface area contributed by atoms with Gasteiger partial charge in [-0.15, -0.1) is 11.6 Å². The van der Waals surface area contributed by atoms with Crippen LogP contribution < -0.4 is 15.0 Å². The minimum atomic E-state index is -0.242. The lowest BCUT2D eigenvalue weighted by Crippen LogP contribution is -2.30. The van der Waals surface area contributed by atoms with E-state index in [1.165, 1.54) is 0 Å². The Bertz CT molecular complexity index is 2120. The molecule has 2 aliphatic heterocycles. The molecule has 1 atom stereocenters. The molecule has 2 aliphatic rings. The fourth-order valence-electron chi connectivity index (χ4n) is 6.08. The number of aromatic amines is 2. The van der Waals surface area contributed by atoms with Gasteiger partial charge in [0.2, 0.25) is 0 Å². The number of alkyl halides is 1. The highest BCUT2D eigenvalue weighted by Crippen LogP contribution is 2.49. The van der Waals surface area contributed by atoms with Gasteiger partial charge < -0.3 is 24.9 Å². The van der Waals surface area contributed by atoms with Crippen LogP contribution in [0.2, 0.25) is 0 Å². The molecule has 206 valence electrons. The van der Waals surface area contributed by atoms with Crippen molar-refractivity contribution in [3.05, 3.63) is 95.8 Å². The van der Waals surface area contributed by atoms with E-state index in [0.29, 0.717) is 35.2 Å². The van der Waals surface area contributed by atoms with Gasteiger partial charge >= 0.3 is 0 Å². The van der Waals surface area contributed by atoms with Crippen LogP contribution in [-0.4, -0.2) is 39.4 Å². The number of hydrogen-bond acceptors (Lipinski definition) is 4. The Labute approximate surface area is 249 Å². The van der Waals surface area contributed by atoms with Gasteiger partial charge in [-0.2, -0.15) is 0 Å². The van der Waals surface area contributed by atoms with Crippen molar-refractivity contribution in [3.8, 4) is 5.75 Å². The van der Waals surface area contributed by atoms with Crippen molar-refractivity contribution in [2.24, 2.45) is 4.99 Å². The number of benzene rings is 4. The molecule has 4 heterocycles. The van der Waals surface area contributed by atoms with E-state index in [2.05, 4.69) is 32.9 Å². The van der Waals surface area contributed by atoms with Gasteiger partial charge in [-0.05, 0) is 53.4 Å². The van der Waals surface area contributed by atoms with Gasteiger partial charge in [-0.1, -0.05) is 43.0 Å². The second-order valence-corrected chi connectivity index (χ2v) is 11.2. The van der Waals surface area contributed by atoms with E-state index in [9.17, 15) is 9.59 Å². The number of aliphatic imine (C=N–C) groups is 1. The standard InChI is InChI=1S/C32H22ClN5O3S/c33-14-18-15-38(26-13-27-29-20(28(18)26)5-3-7-23(29)37-32(42)41-27)31(40)25-12-17-10-19(8-9-22(17)36-25)34-30(39)24-11-16-4-1-2-6-21(16)35-24/h1-13,18,35-36H,14-15H2,(H,34,39)(H,37,42). The zero-order chi connectivity index (χ0) is 28.5. The summed E-state index contributed by atoms with van der Waals surface area (Å²) < 4.78 is 5.87. The molecule has 0 bridgehead atoms. The Morgan fingerprint density at radius 1 is 0.976 bits per heavy atom. The monoisotopic (exact) mass is 591 g/mol. The van der Waals surface area contributed by atoms with Crippen molar-refractivity contribution in [2.75, 3.05) is 22.6 Å². The average Bonchev–Trinajstić information content (AvgIpc) is 3.71. The number of para-hydroxylation sites is 1. The third-order valence-electron chi connectivity index (χ3n) is 7.96. The van der Waals surface area contributed by atoms with E-state index in [-0.39, 0.29) is 23.0 Å². The van der Waals surface area contributed by atoms with Gasteiger partial charge in [0.25, 0.3) is 17.0 Å². The summed E-state index contributed by atoms with van der Waals surface area (Å²) in [6.07, 6.45) is 0. The van der Waals surface area contributed by atoms with E-state index in [0.717, 1.165) is 49.5 Å². The highest BCUT2D eigenvalue weighted by atomic mass is 35.5. The summed E-state index contributed by atoms with van der Waals surface area (Å²) in [6.45, 7) is 0.441. The Morgan fingerprint density at radius 3 is 2.64 bits per heavy atom. The van der Waals surface area contributed by atoms with Crippen molar-refractivity contribution in [2.45, 2.75) is 5.92 Å². The summed E-state index contributed by atoms with van der Waals surface area (Å²) in [4.78, 5) is 39.5. The molecule has 6 aromatic rings. The number of aromatic nitrogens is 2. The number of halogens is 1. The summed E-state index contributed by atoms with van der Waals surface area (Å²) in [7, 11) is 0. The number of H-pyrrole nitrogens is 2. The highest BCUT2D eigenvalue weighted by molar-refractivity contribution is 7.96. The first kappa shape index (κ1) is 25.0. The van der Waals surface area contributed by atoms with Crippen LogP contribution in [0.3, 0.4) is 0 Å². The molecule has 0 saturated carbocycles. The van der Waals surface area contributed by atoms with Crippen LogP contribution in [0.1, 0.15) is 32.5 Å². The highest BCUT2D eigenvalue weighted by Gasteiger charge is 2.36. The number of ether oxygens (including phenoxy) is 1. The van der Waals surface area contributed by atoms with Gasteiger partial charge in [0.15, 0.2) is 0 Å². The fourth-order valence-corrected chi connectivity index (χ4v) is 6.54. The van der Waals surface area contributed by atoms with E-state index in [1.54, 1.807) is 4.90 Å². The molecule has 8 rings (SSSR count). The smallest absolute Gasteiger partial charge is 0.274 e. The second-order valence-electron chi connectivity index (χ2n) is 10.5. The quantitative estimate of drug-likeness (QED) is 0.127. The summed E-state index contributed by atoms with van der Waals surface area (Å²) in [5.41, 5.74) is 5.77. The lowest BCUT2D eigenvalue weighted by atomic mass is 9.94. The molecular weight excluding hydrogens is 570 g/mol. The topological polar surface area (TPSA) is 103 Å². The van der Waals surface area contributed by atoms with E-state index in [1.807, 2.05) is 78.9 Å². The van der Waals surface area contributed by atoms with Gasteiger partial charge in [-0.3, -0.25) is 9.59 Å². The van der Waals surface area contributed by atoms with Crippen LogP contribution in [0, 0.1) is 0 Å². The van der Waals surface area contributed by atoms with Crippen molar-refractivity contribution >= 4 is 90.9 Å². The molecule has 10 heteroatoms. The molecule has 8 nitrogen and oxygen atoms in total. The summed E-state index contributed by atoms with van der Waals surface area (Å²) in [6, 6.07) is 24.7. The van der Waals surface area contributed by atoms with Crippen molar-refractivity contribution < 1.29 is 14.3 Å². The molecule has 0 spiro atoms. The predicted molar refractivity (Wildman–Crippen MR) is 170 cm³/mol. The Kier molecular flexibility index (Phi) is 5.60. The second kappa shape index (κ2) is 9.40. The zero-order valence-corrected chi connectivity index (χ0v) is 23.6. The minimum Gasteiger partial charge on any atom is -0.433 e. The number of nitrogens with one attached hydrogen (secondary N) is 3. The van der Waals surface area contributed by atoms with E-state index in [4.69, 9.17) is 16.3 Å². The molecular formula is C32H22ClN5O3S. The number of hydrogen-bond donors (Lipinski definition) is 4. The summed E-state index contributed by atoms with van der Waals surface area (Å²) in [5.74, 6) is 0.506. The Balaban J connectivity index is 1.12. The summed E-state index contributed by atoms with van der Waals surface area (Å²) in [5, 5.41) is 6.84. The van der Waals surface area contributed by atoms with Crippen LogP contribution in [0.15, 0.2) is 83.9 Å². The van der Waals surface area contributed by atoms with Crippen molar-refractivity contribution in [1.82, 2.24) is 9.97 Å². The maximum Gasteiger partial charge on any atom is 0.274 e. The first-order valence-electron chi connectivity index (χ1n) is 13.4. The van der Waals surface area contributed by atoms with Crippen LogP contribution in [0.4, 0.5) is 17.1 Å². The van der Waals surface area contributed by atoms with Crippen LogP contribution in [0.25, 0.3) is 32.6 Å². The molecule has 3 N–H and O–H groups in total. The first-order chi connectivity index (χ1) is 20.5. The average molecular weight is 592 g/mol. The number of amides is 2. The van der Waals surface area contributed by atoms with Crippen molar-refractivity contribution in [3.63, 3.8) is 0 Å². The van der Waals surface area contributed by atoms with E-state index < -0.39 is 0 Å². The molecule has 1 unspecified atom stereocenters. The first-order valence-corrected chi connectivity index (χ1v) is 14.4.